The lowest BCUT2D eigenvalue weighted by atomic mass is 10.0. The van der Waals surface area contributed by atoms with Gasteiger partial charge in [0.05, 0.1) is 11.6 Å². The van der Waals surface area contributed by atoms with Crippen LogP contribution in [0.15, 0.2) is 71.7 Å². The Morgan fingerprint density at radius 1 is 1.13 bits per heavy atom. The van der Waals surface area contributed by atoms with Crippen molar-refractivity contribution in [2.45, 2.75) is 45.5 Å². The lowest BCUT2D eigenvalue weighted by molar-refractivity contribution is 0.0542. The van der Waals surface area contributed by atoms with Crippen molar-refractivity contribution >= 4 is 11.8 Å². The van der Waals surface area contributed by atoms with Crippen LogP contribution in [-0.4, -0.2) is 39.6 Å². The van der Waals surface area contributed by atoms with Gasteiger partial charge < -0.3 is 15.0 Å². The third-order valence-corrected chi connectivity index (χ3v) is 7.03. The van der Waals surface area contributed by atoms with Crippen LogP contribution in [0.5, 0.6) is 5.75 Å². The first-order valence-corrected chi connectivity index (χ1v) is 12.5. The number of carbonyl (C=O) groups is 2. The molecule has 10 heteroatoms. The van der Waals surface area contributed by atoms with Crippen LogP contribution in [-0.2, 0) is 13.2 Å². The molecule has 2 aromatic carbocycles. The Labute approximate surface area is 224 Å². The van der Waals surface area contributed by atoms with E-state index in [1.165, 1.54) is 16.9 Å². The fraction of sp³-hybridized carbons (Fsp3) is 0.276. The number of aromatic nitrogens is 1. The molecule has 3 aromatic rings. The zero-order chi connectivity index (χ0) is 27.9. The molecule has 1 N–H and O–H groups in total. The number of pyridine rings is 1. The summed E-state index contributed by atoms with van der Waals surface area (Å²) in [6.07, 6.45) is 5.22. The summed E-state index contributed by atoms with van der Waals surface area (Å²) in [4.78, 5) is 42.4. The standard InChI is InChI=1S/C29H28F2N4O4/c1-18-11-12-29(2,3)33-17-35(18)34-15-22(27(37)32-14-20-9-10-21(30)13-23(20)31)25(36)26(24(34)28(33)38)39-16-19-7-5-4-6-8-19/h4-13,15,18H,14,16-17H2,1-3H3,(H,32,37)/t18-/m0/s1. The number of ether oxygens (including phenoxy) is 1. The van der Waals surface area contributed by atoms with Gasteiger partial charge in [0.1, 0.15) is 30.5 Å². The molecule has 3 heterocycles. The first-order valence-electron chi connectivity index (χ1n) is 12.5. The lowest BCUT2D eigenvalue weighted by Crippen LogP contribution is -2.60. The van der Waals surface area contributed by atoms with Gasteiger partial charge in [-0.1, -0.05) is 48.6 Å². The maximum Gasteiger partial charge on any atom is 0.278 e. The van der Waals surface area contributed by atoms with Gasteiger partial charge in [0, 0.05) is 24.4 Å². The number of amides is 2. The largest absolute Gasteiger partial charge is 0.482 e. The molecule has 2 aliphatic rings. The summed E-state index contributed by atoms with van der Waals surface area (Å²) in [6.45, 7) is 5.71. The second-order valence-corrected chi connectivity index (χ2v) is 10.2. The minimum Gasteiger partial charge on any atom is -0.482 e. The van der Waals surface area contributed by atoms with Gasteiger partial charge in [0.15, 0.2) is 11.4 Å². The van der Waals surface area contributed by atoms with Gasteiger partial charge in [0.25, 0.3) is 11.8 Å². The monoisotopic (exact) mass is 534 g/mol. The molecule has 0 aliphatic carbocycles. The fourth-order valence-corrected chi connectivity index (χ4v) is 4.68. The van der Waals surface area contributed by atoms with E-state index in [0.717, 1.165) is 17.7 Å². The molecule has 8 nitrogen and oxygen atoms in total. The van der Waals surface area contributed by atoms with Gasteiger partial charge in [-0.05, 0) is 32.4 Å². The summed E-state index contributed by atoms with van der Waals surface area (Å²) in [5.41, 5.74) is -0.816. The van der Waals surface area contributed by atoms with Crippen molar-refractivity contribution in [3.63, 3.8) is 0 Å². The molecular weight excluding hydrogens is 506 g/mol. The van der Waals surface area contributed by atoms with Crippen molar-refractivity contribution in [2.75, 3.05) is 11.7 Å². The van der Waals surface area contributed by atoms with Crippen LogP contribution in [0.3, 0.4) is 0 Å². The van der Waals surface area contributed by atoms with Gasteiger partial charge in [-0.2, -0.15) is 0 Å². The lowest BCUT2D eigenvalue weighted by Gasteiger charge is -2.45. The Kier molecular flexibility index (Phi) is 6.71. The third kappa shape index (κ3) is 4.89. The highest BCUT2D eigenvalue weighted by Crippen LogP contribution is 2.31. The van der Waals surface area contributed by atoms with Crippen molar-refractivity contribution in [3.8, 4) is 5.75 Å². The van der Waals surface area contributed by atoms with Crippen molar-refractivity contribution in [1.29, 1.82) is 0 Å². The van der Waals surface area contributed by atoms with Crippen molar-refractivity contribution in [1.82, 2.24) is 14.9 Å². The van der Waals surface area contributed by atoms with Crippen LogP contribution >= 0.6 is 0 Å². The van der Waals surface area contributed by atoms with Crippen LogP contribution in [0, 0.1) is 11.6 Å². The molecule has 2 bridgehead atoms. The van der Waals surface area contributed by atoms with Crippen LogP contribution in [0.1, 0.15) is 52.7 Å². The predicted octanol–water partition coefficient (Wildman–Crippen LogP) is 3.72. The molecule has 0 saturated heterocycles. The smallest absolute Gasteiger partial charge is 0.278 e. The van der Waals surface area contributed by atoms with Crippen molar-refractivity contribution < 1.29 is 23.1 Å². The van der Waals surface area contributed by atoms with Gasteiger partial charge >= 0.3 is 0 Å². The molecular formula is C29H28F2N4O4. The van der Waals surface area contributed by atoms with E-state index >= 15 is 0 Å². The molecule has 1 aromatic heterocycles. The molecule has 5 rings (SSSR count). The van der Waals surface area contributed by atoms with E-state index in [-0.39, 0.29) is 48.4 Å². The Morgan fingerprint density at radius 2 is 1.87 bits per heavy atom. The number of nitrogens with one attached hydrogen (secondary N) is 1. The SMILES string of the molecule is C[C@H]1C=CC(C)(C)N2CN1n1cc(C(=O)NCc3ccc(F)cc3F)c(=O)c(OCc3ccccc3)c1C2=O. The first kappa shape index (κ1) is 26.1. The van der Waals surface area contributed by atoms with Crippen LogP contribution in [0.25, 0.3) is 0 Å². The molecule has 1 atom stereocenters. The summed E-state index contributed by atoms with van der Waals surface area (Å²) in [6, 6.07) is 12.0. The quantitative estimate of drug-likeness (QED) is 0.488. The van der Waals surface area contributed by atoms with E-state index in [1.807, 2.05) is 68.3 Å². The van der Waals surface area contributed by atoms with Gasteiger partial charge in [-0.3, -0.25) is 24.1 Å². The Bertz CT molecular complexity index is 1530. The van der Waals surface area contributed by atoms with Crippen LogP contribution in [0.2, 0.25) is 0 Å². The third-order valence-electron chi connectivity index (χ3n) is 7.03. The van der Waals surface area contributed by atoms with Crippen LogP contribution in [0.4, 0.5) is 8.78 Å². The molecule has 0 saturated carbocycles. The van der Waals surface area contributed by atoms with Crippen molar-refractivity contribution in [3.05, 3.63) is 111 Å². The van der Waals surface area contributed by atoms with Gasteiger partial charge in [0.2, 0.25) is 5.43 Å². The summed E-state index contributed by atoms with van der Waals surface area (Å²) >= 11 is 0. The summed E-state index contributed by atoms with van der Waals surface area (Å²) in [5, 5.41) is 4.38. The molecule has 0 spiro atoms. The number of nitrogens with zero attached hydrogens (tertiary/aromatic N) is 3. The van der Waals surface area contributed by atoms with E-state index in [0.29, 0.717) is 0 Å². The number of hydrogen-bond donors (Lipinski definition) is 1. The van der Waals surface area contributed by atoms with Gasteiger partial charge in [-0.25, -0.2) is 8.78 Å². The van der Waals surface area contributed by atoms with E-state index in [2.05, 4.69) is 5.32 Å². The summed E-state index contributed by atoms with van der Waals surface area (Å²) < 4.78 is 34.9. The normalized spacial score (nSPS) is 17.5. The minimum atomic E-state index is -0.817. The molecule has 0 unspecified atom stereocenters. The highest BCUT2D eigenvalue weighted by atomic mass is 19.1. The molecule has 2 aliphatic heterocycles. The number of rotatable bonds is 6. The summed E-state index contributed by atoms with van der Waals surface area (Å²) in [7, 11) is 0. The average Bonchev–Trinajstić information content (AvgIpc) is 3.01. The zero-order valence-corrected chi connectivity index (χ0v) is 21.8. The Hall–Kier alpha value is -4.47. The first-order chi connectivity index (χ1) is 18.6. The number of halogens is 2. The number of carbonyl (C=O) groups excluding carboxylic acids is 2. The van der Waals surface area contributed by atoms with E-state index in [1.54, 1.807) is 4.90 Å². The molecule has 0 radical (unpaired) electrons. The second kappa shape index (κ2) is 10.0. The van der Waals surface area contributed by atoms with Crippen molar-refractivity contribution in [2.24, 2.45) is 0 Å². The number of fused-ring (bicyclic) bond motifs is 4. The highest BCUT2D eigenvalue weighted by molar-refractivity contribution is 6.00. The molecule has 202 valence electrons. The number of hydrogen-bond acceptors (Lipinski definition) is 5. The zero-order valence-electron chi connectivity index (χ0n) is 21.8. The maximum absolute atomic E-state index is 14.1. The molecule has 39 heavy (non-hydrogen) atoms. The average molecular weight is 535 g/mol. The Balaban J connectivity index is 1.58. The fourth-order valence-electron chi connectivity index (χ4n) is 4.68. The highest BCUT2D eigenvalue weighted by Gasteiger charge is 2.42. The summed E-state index contributed by atoms with van der Waals surface area (Å²) in [5.74, 6) is -2.99. The van der Waals surface area contributed by atoms with Crippen LogP contribution < -0.4 is 20.5 Å². The predicted molar refractivity (Wildman–Crippen MR) is 141 cm³/mol. The Morgan fingerprint density at radius 3 is 2.59 bits per heavy atom. The molecule has 2 amide bonds. The van der Waals surface area contributed by atoms with E-state index in [9.17, 15) is 23.2 Å². The topological polar surface area (TPSA) is 83.9 Å². The van der Waals surface area contributed by atoms with E-state index in [4.69, 9.17) is 4.74 Å². The molecule has 0 fully saturated rings. The number of benzene rings is 2. The second-order valence-electron chi connectivity index (χ2n) is 10.2. The van der Waals surface area contributed by atoms with Gasteiger partial charge in [-0.15, -0.1) is 0 Å². The maximum atomic E-state index is 14.1. The van der Waals surface area contributed by atoms with E-state index < -0.39 is 34.4 Å². The minimum absolute atomic E-state index is 0.000576.